The number of anilines is 3. The number of hydrogen-bond donors (Lipinski definition) is 2. The summed E-state index contributed by atoms with van der Waals surface area (Å²) in [6, 6.07) is 23.2. The monoisotopic (exact) mass is 495 g/mol. The molecule has 0 aliphatic carbocycles. The van der Waals surface area contributed by atoms with Gasteiger partial charge in [0.1, 0.15) is 5.75 Å². The van der Waals surface area contributed by atoms with Crippen molar-refractivity contribution in [2.24, 2.45) is 5.10 Å². The first-order chi connectivity index (χ1) is 18.0. The maximum absolute atomic E-state index is 12.9. The number of aromatic amines is 1. The third-order valence-corrected chi connectivity index (χ3v) is 6.36. The molecule has 8 heteroatoms. The van der Waals surface area contributed by atoms with E-state index >= 15 is 0 Å². The molecule has 0 saturated carbocycles. The molecular formula is C29H29N5O3. The van der Waals surface area contributed by atoms with Crippen molar-refractivity contribution < 1.29 is 14.3 Å². The standard InChI is InChI=1S/C29H29N5O3/c1-4-7-27(36)31-20-10-12-21(13-11-20)33-28(19(2)35)32-34(22-14-16-23(37-3)17-15-22)29(33)25-18-30-26-9-6-5-8-24(25)26/h5-6,8-18,29-30H,4,7H2,1-3H3,(H,31,36). The van der Waals surface area contributed by atoms with Gasteiger partial charge in [-0.25, -0.2) is 5.01 Å². The lowest BCUT2D eigenvalue weighted by Gasteiger charge is -2.31. The van der Waals surface area contributed by atoms with Crippen molar-refractivity contribution in [3.05, 3.63) is 84.6 Å². The van der Waals surface area contributed by atoms with E-state index in [0.717, 1.165) is 40.0 Å². The van der Waals surface area contributed by atoms with Gasteiger partial charge in [0.25, 0.3) is 0 Å². The first kappa shape index (κ1) is 24.1. The van der Waals surface area contributed by atoms with Crippen LogP contribution in [0.25, 0.3) is 10.9 Å². The van der Waals surface area contributed by atoms with Gasteiger partial charge in [-0.3, -0.25) is 14.5 Å². The Morgan fingerprint density at radius 3 is 2.38 bits per heavy atom. The Morgan fingerprint density at radius 2 is 1.70 bits per heavy atom. The molecule has 37 heavy (non-hydrogen) atoms. The van der Waals surface area contributed by atoms with Crippen molar-refractivity contribution in [3.8, 4) is 5.75 Å². The van der Waals surface area contributed by atoms with Crippen LogP contribution in [0.3, 0.4) is 0 Å². The SMILES string of the molecule is CCCC(=O)Nc1ccc(N2C(C(C)=O)=NN(c3ccc(OC)cc3)C2c2c[nH]c3ccccc23)cc1. The van der Waals surface area contributed by atoms with E-state index in [1.54, 1.807) is 7.11 Å². The van der Waals surface area contributed by atoms with E-state index in [1.165, 1.54) is 6.92 Å². The molecule has 0 bridgehead atoms. The fraction of sp³-hybridized carbons (Fsp3) is 0.207. The second kappa shape index (κ2) is 10.2. The molecule has 1 atom stereocenters. The van der Waals surface area contributed by atoms with Gasteiger partial charge in [-0.15, -0.1) is 5.10 Å². The average molecular weight is 496 g/mol. The van der Waals surface area contributed by atoms with Gasteiger partial charge in [0, 0.05) is 47.4 Å². The van der Waals surface area contributed by atoms with Gasteiger partial charge in [-0.05, 0) is 61.0 Å². The number of hydrogen-bond acceptors (Lipinski definition) is 6. The zero-order valence-corrected chi connectivity index (χ0v) is 21.1. The molecule has 1 amide bonds. The summed E-state index contributed by atoms with van der Waals surface area (Å²) in [5.41, 5.74) is 4.29. The van der Waals surface area contributed by atoms with E-state index in [1.807, 2.05) is 89.8 Å². The number of para-hydroxylation sites is 1. The van der Waals surface area contributed by atoms with Crippen LogP contribution in [0.5, 0.6) is 5.75 Å². The van der Waals surface area contributed by atoms with Crippen LogP contribution in [-0.4, -0.2) is 29.6 Å². The highest BCUT2D eigenvalue weighted by molar-refractivity contribution is 6.44. The number of carbonyl (C=O) groups is 2. The quantitative estimate of drug-likeness (QED) is 0.320. The third kappa shape index (κ3) is 4.65. The van der Waals surface area contributed by atoms with Gasteiger partial charge < -0.3 is 15.0 Å². The summed E-state index contributed by atoms with van der Waals surface area (Å²) in [4.78, 5) is 30.3. The smallest absolute Gasteiger partial charge is 0.224 e. The fourth-order valence-electron chi connectivity index (χ4n) is 4.60. The number of methoxy groups -OCH3 is 1. The molecule has 0 radical (unpaired) electrons. The predicted molar refractivity (Wildman–Crippen MR) is 147 cm³/mol. The lowest BCUT2D eigenvalue weighted by atomic mass is 10.1. The first-order valence-electron chi connectivity index (χ1n) is 12.3. The van der Waals surface area contributed by atoms with Gasteiger partial charge >= 0.3 is 0 Å². The van der Waals surface area contributed by atoms with Crippen LogP contribution in [0.15, 0.2) is 84.1 Å². The molecule has 1 unspecified atom stereocenters. The van der Waals surface area contributed by atoms with E-state index in [-0.39, 0.29) is 11.7 Å². The second-order valence-electron chi connectivity index (χ2n) is 8.90. The minimum atomic E-state index is -0.427. The first-order valence-corrected chi connectivity index (χ1v) is 12.3. The highest BCUT2D eigenvalue weighted by Crippen LogP contribution is 2.42. The molecule has 0 saturated heterocycles. The zero-order chi connectivity index (χ0) is 25.9. The molecule has 0 fully saturated rings. The molecule has 1 aliphatic rings. The second-order valence-corrected chi connectivity index (χ2v) is 8.90. The van der Waals surface area contributed by atoms with E-state index in [0.29, 0.717) is 17.9 Å². The minimum absolute atomic E-state index is 0.0234. The van der Waals surface area contributed by atoms with Crippen molar-refractivity contribution in [1.29, 1.82) is 0 Å². The maximum atomic E-state index is 12.9. The fourth-order valence-corrected chi connectivity index (χ4v) is 4.60. The maximum Gasteiger partial charge on any atom is 0.224 e. The number of H-pyrrole nitrogens is 1. The number of nitrogens with one attached hydrogen (secondary N) is 2. The third-order valence-electron chi connectivity index (χ3n) is 6.36. The van der Waals surface area contributed by atoms with Crippen LogP contribution in [0, 0.1) is 0 Å². The van der Waals surface area contributed by atoms with Crippen LogP contribution in [-0.2, 0) is 9.59 Å². The molecule has 4 aromatic rings. The Labute approximate surface area is 215 Å². The number of benzene rings is 3. The van der Waals surface area contributed by atoms with Crippen molar-refractivity contribution in [1.82, 2.24) is 4.98 Å². The Hall–Kier alpha value is -4.59. The normalized spacial score (nSPS) is 15.1. The number of nitrogens with zero attached hydrogens (tertiary/aromatic N) is 3. The van der Waals surface area contributed by atoms with E-state index in [9.17, 15) is 9.59 Å². The molecule has 8 nitrogen and oxygen atoms in total. The topological polar surface area (TPSA) is 90.0 Å². The van der Waals surface area contributed by atoms with Gasteiger partial charge in [0.2, 0.25) is 5.91 Å². The Morgan fingerprint density at radius 1 is 1.00 bits per heavy atom. The summed E-state index contributed by atoms with van der Waals surface area (Å²) in [6.07, 6.45) is 2.79. The molecular weight excluding hydrogens is 466 g/mol. The molecule has 1 aromatic heterocycles. The van der Waals surface area contributed by atoms with Crippen molar-refractivity contribution in [2.75, 3.05) is 22.3 Å². The molecule has 188 valence electrons. The number of fused-ring (bicyclic) bond motifs is 1. The lowest BCUT2D eigenvalue weighted by Crippen LogP contribution is -2.37. The number of rotatable bonds is 8. The molecule has 1 aliphatic heterocycles. The van der Waals surface area contributed by atoms with Gasteiger partial charge in [-0.1, -0.05) is 25.1 Å². The predicted octanol–water partition coefficient (Wildman–Crippen LogP) is 5.84. The Balaban J connectivity index is 1.61. The summed E-state index contributed by atoms with van der Waals surface area (Å²) in [5.74, 6) is 0.889. The van der Waals surface area contributed by atoms with Crippen LogP contribution >= 0.6 is 0 Å². The number of Topliss-reactive ketones (excluding diaryl/α,β-unsaturated/α-hetero) is 1. The molecule has 2 heterocycles. The van der Waals surface area contributed by atoms with Gasteiger partial charge in [0.05, 0.1) is 12.8 Å². The number of carbonyl (C=O) groups excluding carboxylic acids is 2. The van der Waals surface area contributed by atoms with E-state index in [2.05, 4.69) is 16.4 Å². The summed E-state index contributed by atoms with van der Waals surface area (Å²) in [6.45, 7) is 3.49. The zero-order valence-electron chi connectivity index (χ0n) is 21.1. The Kier molecular flexibility index (Phi) is 6.64. The van der Waals surface area contributed by atoms with E-state index in [4.69, 9.17) is 9.84 Å². The molecule has 2 N–H and O–H groups in total. The molecule has 5 rings (SSSR count). The number of amides is 1. The van der Waals surface area contributed by atoms with Crippen molar-refractivity contribution in [3.63, 3.8) is 0 Å². The number of aromatic nitrogens is 1. The van der Waals surface area contributed by atoms with Gasteiger partial charge in [-0.2, -0.15) is 0 Å². The van der Waals surface area contributed by atoms with Gasteiger partial charge in [0.15, 0.2) is 17.8 Å². The minimum Gasteiger partial charge on any atom is -0.497 e. The summed E-state index contributed by atoms with van der Waals surface area (Å²) < 4.78 is 5.34. The van der Waals surface area contributed by atoms with Crippen LogP contribution in [0.2, 0.25) is 0 Å². The summed E-state index contributed by atoms with van der Waals surface area (Å²) >= 11 is 0. The number of ketones is 1. The molecule has 3 aromatic carbocycles. The van der Waals surface area contributed by atoms with Crippen molar-refractivity contribution >= 4 is 45.5 Å². The summed E-state index contributed by atoms with van der Waals surface area (Å²) in [5, 5.41) is 10.6. The van der Waals surface area contributed by atoms with E-state index < -0.39 is 6.17 Å². The van der Waals surface area contributed by atoms with Crippen LogP contribution in [0.1, 0.15) is 38.4 Å². The lowest BCUT2D eigenvalue weighted by molar-refractivity contribution is -0.116. The summed E-state index contributed by atoms with van der Waals surface area (Å²) in [7, 11) is 1.63. The number of amidine groups is 1. The molecule has 0 spiro atoms. The average Bonchev–Trinajstić information content (AvgIpc) is 3.51. The number of hydrazone groups is 1. The van der Waals surface area contributed by atoms with Crippen LogP contribution < -0.4 is 20.0 Å². The van der Waals surface area contributed by atoms with Crippen molar-refractivity contribution in [2.45, 2.75) is 32.9 Å². The largest absolute Gasteiger partial charge is 0.497 e. The Bertz CT molecular complexity index is 1460. The number of ether oxygens (including phenoxy) is 1. The highest BCUT2D eigenvalue weighted by Gasteiger charge is 2.40. The van der Waals surface area contributed by atoms with Crippen LogP contribution in [0.4, 0.5) is 17.1 Å². The highest BCUT2D eigenvalue weighted by atomic mass is 16.5.